The van der Waals surface area contributed by atoms with Crippen LogP contribution in [0, 0.1) is 0 Å². The molecule has 0 aromatic heterocycles. The monoisotopic (exact) mass is 311 g/mol. The van der Waals surface area contributed by atoms with Gasteiger partial charge >= 0.3 is 5.97 Å². The third-order valence-corrected chi connectivity index (χ3v) is 2.69. The van der Waals surface area contributed by atoms with Crippen molar-refractivity contribution in [3.05, 3.63) is 23.8 Å². The van der Waals surface area contributed by atoms with Gasteiger partial charge in [-0.1, -0.05) is 6.07 Å². The molecule has 22 heavy (non-hydrogen) atoms. The molecule has 0 spiro atoms. The Morgan fingerprint density at radius 2 is 1.77 bits per heavy atom. The smallest absolute Gasteiger partial charge is 0.322 e. The first-order valence-electron chi connectivity index (χ1n) is 6.32. The van der Waals surface area contributed by atoms with Crippen molar-refractivity contribution in [2.75, 3.05) is 13.1 Å². The molecule has 0 saturated carbocycles. The van der Waals surface area contributed by atoms with Crippen LogP contribution in [0.2, 0.25) is 0 Å². The first-order valence-corrected chi connectivity index (χ1v) is 6.32. The lowest BCUT2D eigenvalue weighted by molar-refractivity contribution is -0.137. The van der Waals surface area contributed by atoms with E-state index in [4.69, 9.17) is 10.8 Å². The Labute approximate surface area is 125 Å². The maximum atomic E-state index is 11.7. The number of aromatic hydroxyl groups is 2. The molecule has 0 unspecified atom stereocenters. The molecule has 0 bridgehead atoms. The molecule has 0 aliphatic heterocycles. The lowest BCUT2D eigenvalue weighted by Crippen LogP contribution is -2.46. The van der Waals surface area contributed by atoms with Gasteiger partial charge in [-0.05, 0) is 24.1 Å². The van der Waals surface area contributed by atoms with Gasteiger partial charge in [0.1, 0.15) is 6.54 Å². The molecule has 120 valence electrons. The van der Waals surface area contributed by atoms with Gasteiger partial charge < -0.3 is 31.7 Å². The molecular formula is C13H17N3O6. The van der Waals surface area contributed by atoms with Crippen LogP contribution in [0.5, 0.6) is 11.5 Å². The lowest BCUT2D eigenvalue weighted by Gasteiger charge is -2.12. The number of aliphatic carboxylic acids is 1. The molecule has 1 aromatic rings. The predicted octanol–water partition coefficient (Wildman–Crippen LogP) is -1.72. The summed E-state index contributed by atoms with van der Waals surface area (Å²) in [7, 11) is 0. The molecule has 9 nitrogen and oxygen atoms in total. The van der Waals surface area contributed by atoms with Crippen LogP contribution in [0.4, 0.5) is 0 Å². The van der Waals surface area contributed by atoms with Gasteiger partial charge in [-0.2, -0.15) is 0 Å². The van der Waals surface area contributed by atoms with E-state index >= 15 is 0 Å². The highest BCUT2D eigenvalue weighted by Crippen LogP contribution is 2.25. The summed E-state index contributed by atoms with van der Waals surface area (Å²) < 4.78 is 0. The number of phenolic OH excluding ortho intramolecular Hbond substituents is 2. The van der Waals surface area contributed by atoms with Crippen molar-refractivity contribution >= 4 is 17.8 Å². The fraction of sp³-hybridized carbons (Fsp3) is 0.308. The summed E-state index contributed by atoms with van der Waals surface area (Å²) in [4.78, 5) is 33.2. The summed E-state index contributed by atoms with van der Waals surface area (Å²) in [6.07, 6.45) is 0.0937. The molecule has 1 rings (SSSR count). The van der Waals surface area contributed by atoms with Crippen LogP contribution in [-0.4, -0.2) is 52.2 Å². The molecule has 9 heteroatoms. The van der Waals surface area contributed by atoms with E-state index in [0.717, 1.165) is 0 Å². The number of carboxylic acid groups (broad SMARTS) is 1. The zero-order valence-corrected chi connectivity index (χ0v) is 11.6. The Kier molecular flexibility index (Phi) is 6.14. The van der Waals surface area contributed by atoms with Gasteiger partial charge in [-0.25, -0.2) is 0 Å². The maximum Gasteiger partial charge on any atom is 0.322 e. The normalized spacial score (nSPS) is 11.5. The number of hydrogen-bond acceptors (Lipinski definition) is 6. The quantitative estimate of drug-likeness (QED) is 0.326. The summed E-state index contributed by atoms with van der Waals surface area (Å²) in [5.74, 6) is -3.04. The Balaban J connectivity index is 2.43. The molecule has 0 heterocycles. The van der Waals surface area contributed by atoms with Crippen molar-refractivity contribution in [2.24, 2.45) is 5.73 Å². The SMILES string of the molecule is N[C@@H](Cc1ccc(O)c(O)c1)C(=O)NCC(=O)NCC(=O)O. The van der Waals surface area contributed by atoms with E-state index in [2.05, 4.69) is 10.6 Å². The Morgan fingerprint density at radius 3 is 2.36 bits per heavy atom. The molecule has 0 fully saturated rings. The average molecular weight is 311 g/mol. The van der Waals surface area contributed by atoms with Crippen LogP contribution in [-0.2, 0) is 20.8 Å². The van der Waals surface area contributed by atoms with Gasteiger partial charge in [0.2, 0.25) is 11.8 Å². The summed E-state index contributed by atoms with van der Waals surface area (Å²) in [5.41, 5.74) is 6.20. The topological polar surface area (TPSA) is 162 Å². The molecule has 1 atom stereocenters. The number of phenols is 2. The zero-order chi connectivity index (χ0) is 16.7. The number of carbonyl (C=O) groups excluding carboxylic acids is 2. The van der Waals surface area contributed by atoms with Crippen LogP contribution < -0.4 is 16.4 Å². The molecule has 1 aromatic carbocycles. The molecular weight excluding hydrogens is 294 g/mol. The van der Waals surface area contributed by atoms with Gasteiger partial charge in [0, 0.05) is 0 Å². The standard InChI is InChI=1S/C13H17N3O6/c14-8(3-7-1-2-9(17)10(18)4-7)13(22)16-5-11(19)15-6-12(20)21/h1-2,4,8,17-18H,3,5-6,14H2,(H,15,19)(H,16,22)(H,20,21)/t8-/m0/s1. The van der Waals surface area contributed by atoms with Crippen molar-refractivity contribution in [1.82, 2.24) is 10.6 Å². The van der Waals surface area contributed by atoms with Crippen LogP contribution >= 0.6 is 0 Å². The highest BCUT2D eigenvalue weighted by molar-refractivity contribution is 5.88. The molecule has 7 N–H and O–H groups in total. The van der Waals surface area contributed by atoms with Gasteiger partial charge in [0.05, 0.1) is 12.6 Å². The second-order valence-corrected chi connectivity index (χ2v) is 4.52. The fourth-order valence-electron chi connectivity index (χ4n) is 1.58. The number of amides is 2. The molecule has 0 radical (unpaired) electrons. The van der Waals surface area contributed by atoms with Crippen molar-refractivity contribution in [1.29, 1.82) is 0 Å². The zero-order valence-electron chi connectivity index (χ0n) is 11.6. The van der Waals surface area contributed by atoms with Crippen LogP contribution in [0.15, 0.2) is 18.2 Å². The highest BCUT2D eigenvalue weighted by Gasteiger charge is 2.16. The number of nitrogens with one attached hydrogen (secondary N) is 2. The van der Waals surface area contributed by atoms with E-state index in [9.17, 15) is 24.6 Å². The van der Waals surface area contributed by atoms with E-state index < -0.39 is 30.4 Å². The number of rotatable bonds is 7. The van der Waals surface area contributed by atoms with Crippen molar-refractivity contribution in [3.63, 3.8) is 0 Å². The summed E-state index contributed by atoms with van der Waals surface area (Å²) in [6.45, 7) is -0.922. The van der Waals surface area contributed by atoms with Gasteiger partial charge in [-0.3, -0.25) is 14.4 Å². The predicted molar refractivity (Wildman–Crippen MR) is 75.1 cm³/mol. The number of carbonyl (C=O) groups is 3. The molecule has 0 aliphatic rings. The summed E-state index contributed by atoms with van der Waals surface area (Å²) >= 11 is 0. The van der Waals surface area contributed by atoms with E-state index in [1.54, 1.807) is 0 Å². The molecule has 0 aliphatic carbocycles. The van der Waals surface area contributed by atoms with Gasteiger partial charge in [0.15, 0.2) is 11.5 Å². The van der Waals surface area contributed by atoms with E-state index in [1.165, 1.54) is 18.2 Å². The van der Waals surface area contributed by atoms with Gasteiger partial charge in [-0.15, -0.1) is 0 Å². The van der Waals surface area contributed by atoms with Crippen molar-refractivity contribution in [2.45, 2.75) is 12.5 Å². The van der Waals surface area contributed by atoms with Crippen LogP contribution in [0.1, 0.15) is 5.56 Å². The van der Waals surface area contributed by atoms with E-state index in [0.29, 0.717) is 5.56 Å². The molecule has 2 amide bonds. The second-order valence-electron chi connectivity index (χ2n) is 4.52. The number of hydrogen-bond donors (Lipinski definition) is 6. The molecule has 0 saturated heterocycles. The summed E-state index contributed by atoms with van der Waals surface area (Å²) in [6, 6.07) is 3.09. The number of nitrogens with two attached hydrogens (primary N) is 1. The van der Waals surface area contributed by atoms with Gasteiger partial charge in [0.25, 0.3) is 0 Å². The minimum atomic E-state index is -1.19. The third-order valence-electron chi connectivity index (χ3n) is 2.69. The highest BCUT2D eigenvalue weighted by atomic mass is 16.4. The Hall–Kier alpha value is -2.81. The Morgan fingerprint density at radius 1 is 1.09 bits per heavy atom. The average Bonchev–Trinajstić information content (AvgIpc) is 2.46. The largest absolute Gasteiger partial charge is 0.504 e. The maximum absolute atomic E-state index is 11.7. The van der Waals surface area contributed by atoms with Crippen molar-refractivity contribution < 1.29 is 29.7 Å². The minimum absolute atomic E-state index is 0.0937. The van der Waals surface area contributed by atoms with Crippen LogP contribution in [0.25, 0.3) is 0 Å². The fourth-order valence-corrected chi connectivity index (χ4v) is 1.58. The number of carboxylic acids is 1. The number of benzene rings is 1. The van der Waals surface area contributed by atoms with Crippen LogP contribution in [0.3, 0.4) is 0 Å². The third kappa shape index (κ3) is 5.67. The second kappa shape index (κ2) is 7.84. The Bertz CT molecular complexity index is 575. The minimum Gasteiger partial charge on any atom is -0.504 e. The van der Waals surface area contributed by atoms with Crippen molar-refractivity contribution in [3.8, 4) is 11.5 Å². The van der Waals surface area contributed by atoms with E-state index in [-0.39, 0.29) is 24.5 Å². The summed E-state index contributed by atoms with van der Waals surface area (Å²) in [5, 5.41) is 31.2. The first kappa shape index (κ1) is 17.2. The lowest BCUT2D eigenvalue weighted by atomic mass is 10.1. The first-order chi connectivity index (χ1) is 10.3. The van der Waals surface area contributed by atoms with E-state index in [1.807, 2.05) is 0 Å².